The average molecular weight is 673 g/mol. The van der Waals surface area contributed by atoms with E-state index in [9.17, 15) is 29.7 Å². The summed E-state index contributed by atoms with van der Waals surface area (Å²) in [5.74, 6) is -2.19. The summed E-state index contributed by atoms with van der Waals surface area (Å²) >= 11 is 5.61. The molecule has 0 aliphatic carbocycles. The fraction of sp³-hybridized carbons (Fsp3) is 0.100. The molecule has 2 aromatic heterocycles. The van der Waals surface area contributed by atoms with Crippen molar-refractivity contribution in [2.45, 2.75) is 16.7 Å². The van der Waals surface area contributed by atoms with Crippen molar-refractivity contribution in [1.29, 1.82) is 10.5 Å². The van der Waals surface area contributed by atoms with E-state index in [2.05, 4.69) is 27.0 Å². The van der Waals surface area contributed by atoms with Gasteiger partial charge in [-0.15, -0.1) is 0 Å². The van der Waals surface area contributed by atoms with Crippen LogP contribution in [0.3, 0.4) is 0 Å². The number of rotatable bonds is 8. The van der Waals surface area contributed by atoms with Crippen LogP contribution in [0.4, 0.5) is 11.5 Å². The molecule has 3 heterocycles. The van der Waals surface area contributed by atoms with Crippen molar-refractivity contribution in [2.24, 2.45) is 0 Å². The van der Waals surface area contributed by atoms with Gasteiger partial charge >= 0.3 is 5.97 Å². The Morgan fingerprint density at radius 3 is 2.35 bits per heavy atom. The third-order valence-corrected chi connectivity index (χ3v) is 8.83. The SMILES string of the molecule is N#Cc1c(N)nc(SC2CC(=O)N(c3ccc(C(=O)OCC(=O)c4ccc(Br)cc4)cc3)C2=O)c(C#N)c1-c1ccsc1. The number of benzene rings is 2. The molecular weight excluding hydrogens is 654 g/mol. The molecule has 1 aliphatic heterocycles. The predicted octanol–water partition coefficient (Wildman–Crippen LogP) is 5.36. The Bertz CT molecular complexity index is 1850. The van der Waals surface area contributed by atoms with Gasteiger partial charge in [0.05, 0.1) is 22.1 Å². The maximum atomic E-state index is 13.4. The molecule has 1 saturated heterocycles. The number of hydrogen-bond donors (Lipinski definition) is 1. The van der Waals surface area contributed by atoms with Gasteiger partial charge in [-0.3, -0.25) is 14.4 Å². The monoisotopic (exact) mass is 671 g/mol. The molecule has 2 aromatic carbocycles. The topological polar surface area (TPSA) is 167 Å². The lowest BCUT2D eigenvalue weighted by atomic mass is 9.99. The van der Waals surface area contributed by atoms with Gasteiger partial charge in [-0.2, -0.15) is 21.9 Å². The van der Waals surface area contributed by atoms with Gasteiger partial charge in [0.2, 0.25) is 11.8 Å². The zero-order valence-corrected chi connectivity index (χ0v) is 25.2. The molecule has 1 fully saturated rings. The number of ether oxygens (including phenoxy) is 1. The lowest BCUT2D eigenvalue weighted by Gasteiger charge is -2.16. The van der Waals surface area contributed by atoms with Crippen LogP contribution in [0, 0.1) is 22.7 Å². The minimum atomic E-state index is -0.899. The number of aromatic nitrogens is 1. The summed E-state index contributed by atoms with van der Waals surface area (Å²) in [5.41, 5.74) is 7.94. The molecule has 0 bridgehead atoms. The van der Waals surface area contributed by atoms with E-state index in [1.54, 1.807) is 41.1 Å². The first-order valence-electron chi connectivity index (χ1n) is 12.5. The molecule has 212 valence electrons. The number of imide groups is 1. The van der Waals surface area contributed by atoms with Crippen LogP contribution in [0.5, 0.6) is 0 Å². The summed E-state index contributed by atoms with van der Waals surface area (Å²) in [5, 5.41) is 22.4. The maximum Gasteiger partial charge on any atom is 0.338 e. The molecule has 2 N–H and O–H groups in total. The normalized spacial score (nSPS) is 14.3. The largest absolute Gasteiger partial charge is 0.454 e. The minimum Gasteiger partial charge on any atom is -0.454 e. The minimum absolute atomic E-state index is 0.0612. The van der Waals surface area contributed by atoms with Crippen LogP contribution in [0.25, 0.3) is 11.1 Å². The maximum absolute atomic E-state index is 13.4. The number of nitrogens with zero attached hydrogens (tertiary/aromatic N) is 4. The molecule has 0 radical (unpaired) electrons. The number of amides is 2. The van der Waals surface area contributed by atoms with E-state index in [0.717, 1.165) is 21.1 Å². The highest BCUT2D eigenvalue weighted by Gasteiger charge is 2.41. The number of nitrogens with two attached hydrogens (primary N) is 1. The zero-order chi connectivity index (χ0) is 30.7. The van der Waals surface area contributed by atoms with Crippen molar-refractivity contribution in [3.8, 4) is 23.3 Å². The molecule has 0 saturated carbocycles. The van der Waals surface area contributed by atoms with Crippen LogP contribution in [0.2, 0.25) is 0 Å². The smallest absolute Gasteiger partial charge is 0.338 e. The quantitative estimate of drug-likeness (QED) is 0.146. The van der Waals surface area contributed by atoms with Crippen LogP contribution in [0.1, 0.15) is 38.3 Å². The summed E-state index contributed by atoms with van der Waals surface area (Å²) in [7, 11) is 0. The van der Waals surface area contributed by atoms with Crippen molar-refractivity contribution in [3.05, 3.63) is 92.1 Å². The fourth-order valence-electron chi connectivity index (χ4n) is 4.36. The van der Waals surface area contributed by atoms with Crippen molar-refractivity contribution in [2.75, 3.05) is 17.2 Å². The first-order valence-corrected chi connectivity index (χ1v) is 15.1. The van der Waals surface area contributed by atoms with Gasteiger partial charge in [-0.05, 0) is 58.8 Å². The molecule has 43 heavy (non-hydrogen) atoms. The molecule has 1 atom stereocenters. The highest BCUT2D eigenvalue weighted by atomic mass is 79.9. The first-order chi connectivity index (χ1) is 20.7. The third kappa shape index (κ3) is 6.05. The van der Waals surface area contributed by atoms with Crippen LogP contribution < -0.4 is 10.6 Å². The van der Waals surface area contributed by atoms with Gasteiger partial charge in [0, 0.05) is 22.0 Å². The Morgan fingerprint density at radius 2 is 1.72 bits per heavy atom. The Balaban J connectivity index is 1.30. The van der Waals surface area contributed by atoms with Crippen LogP contribution in [-0.2, 0) is 14.3 Å². The number of esters is 1. The fourth-order valence-corrected chi connectivity index (χ4v) is 6.39. The number of carbonyl (C=O) groups is 4. The Hall–Kier alpha value is -4.82. The number of Topliss-reactive ketones (excluding diaryl/α,β-unsaturated/α-hetero) is 1. The predicted molar refractivity (Wildman–Crippen MR) is 163 cm³/mol. The Morgan fingerprint density at radius 1 is 1.05 bits per heavy atom. The summed E-state index contributed by atoms with van der Waals surface area (Å²) in [6.45, 7) is -0.447. The molecule has 13 heteroatoms. The average Bonchev–Trinajstić information content (AvgIpc) is 3.63. The second kappa shape index (κ2) is 12.6. The van der Waals surface area contributed by atoms with E-state index in [-0.39, 0.29) is 45.4 Å². The summed E-state index contributed by atoms with van der Waals surface area (Å²) in [6, 6.07) is 18.1. The number of nitriles is 2. The van der Waals surface area contributed by atoms with E-state index < -0.39 is 29.6 Å². The number of thioether (sulfide) groups is 1. The number of thiophene rings is 1. The van der Waals surface area contributed by atoms with Crippen LogP contribution in [-0.4, -0.2) is 40.4 Å². The number of carbonyl (C=O) groups excluding carboxylic acids is 4. The van der Waals surface area contributed by atoms with Crippen LogP contribution >= 0.6 is 39.0 Å². The van der Waals surface area contributed by atoms with Crippen molar-refractivity contribution < 1.29 is 23.9 Å². The zero-order valence-electron chi connectivity index (χ0n) is 21.9. The number of pyridine rings is 1. The van der Waals surface area contributed by atoms with Gasteiger partial charge in [-0.25, -0.2) is 14.7 Å². The third-order valence-electron chi connectivity index (χ3n) is 6.45. The van der Waals surface area contributed by atoms with Gasteiger partial charge in [0.15, 0.2) is 12.4 Å². The molecular formula is C30H18BrN5O5S2. The molecule has 1 aliphatic rings. The standard InChI is InChI=1S/C30H18BrN5O5S2/c31-19-5-1-16(2-6-19)23(37)14-41-30(40)17-3-7-20(8-4-17)36-25(38)11-24(29(36)39)43-28-22(13-33)26(18-9-10-42-15-18)21(12-32)27(34)35-28/h1-10,15,24H,11,14H2,(H2,34,35). The summed E-state index contributed by atoms with van der Waals surface area (Å²) < 4.78 is 5.95. The Labute approximate surface area is 261 Å². The van der Waals surface area contributed by atoms with E-state index in [4.69, 9.17) is 10.5 Å². The molecule has 4 aromatic rings. The van der Waals surface area contributed by atoms with Crippen molar-refractivity contribution in [1.82, 2.24) is 4.98 Å². The van der Waals surface area contributed by atoms with Crippen LogP contribution in [0.15, 0.2) is 74.9 Å². The molecule has 1 unspecified atom stereocenters. The van der Waals surface area contributed by atoms with E-state index in [1.807, 2.05) is 6.07 Å². The second-order valence-electron chi connectivity index (χ2n) is 9.09. The van der Waals surface area contributed by atoms with Crippen molar-refractivity contribution >= 4 is 74.1 Å². The van der Waals surface area contributed by atoms with E-state index in [0.29, 0.717) is 16.7 Å². The molecule has 5 rings (SSSR count). The van der Waals surface area contributed by atoms with Gasteiger partial charge < -0.3 is 10.5 Å². The van der Waals surface area contributed by atoms with Gasteiger partial charge in [0.1, 0.15) is 28.5 Å². The lowest BCUT2D eigenvalue weighted by molar-refractivity contribution is -0.121. The van der Waals surface area contributed by atoms with Crippen molar-refractivity contribution in [3.63, 3.8) is 0 Å². The van der Waals surface area contributed by atoms with Gasteiger partial charge in [0.25, 0.3) is 0 Å². The Kier molecular flexibility index (Phi) is 8.68. The second-order valence-corrected chi connectivity index (χ2v) is 12.0. The van der Waals surface area contributed by atoms with Gasteiger partial charge in [-0.1, -0.05) is 39.8 Å². The first kappa shape index (κ1) is 29.7. The summed E-state index contributed by atoms with van der Waals surface area (Å²) in [6.07, 6.45) is -0.161. The highest BCUT2D eigenvalue weighted by molar-refractivity contribution is 9.10. The summed E-state index contributed by atoms with van der Waals surface area (Å²) in [4.78, 5) is 56.3. The van der Waals surface area contributed by atoms with E-state index in [1.165, 1.54) is 35.6 Å². The number of anilines is 2. The molecule has 2 amide bonds. The number of nitrogen functional groups attached to an aromatic ring is 1. The molecule has 0 spiro atoms. The highest BCUT2D eigenvalue weighted by Crippen LogP contribution is 2.40. The lowest BCUT2D eigenvalue weighted by Crippen LogP contribution is -2.31. The number of halogens is 1. The van der Waals surface area contributed by atoms with E-state index >= 15 is 0 Å². The number of hydrogen-bond acceptors (Lipinski definition) is 11. The number of ketones is 1. The molecule has 10 nitrogen and oxygen atoms in total.